The van der Waals surface area contributed by atoms with Gasteiger partial charge in [0.25, 0.3) is 11.1 Å². The molecule has 2 aliphatic rings. The molecule has 0 saturated heterocycles. The van der Waals surface area contributed by atoms with E-state index in [-0.39, 0.29) is 18.5 Å². The quantitative estimate of drug-likeness (QED) is 0.447. The average Bonchev–Trinajstić information content (AvgIpc) is 3.44. The number of thiazole rings is 1. The Morgan fingerprint density at radius 1 is 1.25 bits per heavy atom. The molecule has 1 saturated carbocycles. The number of halogens is 2. The second kappa shape index (κ2) is 10.8. The van der Waals surface area contributed by atoms with Crippen LogP contribution >= 0.6 is 11.3 Å². The van der Waals surface area contributed by atoms with Crippen molar-refractivity contribution in [1.29, 1.82) is 0 Å². The molecule has 1 aromatic carbocycles. The van der Waals surface area contributed by atoms with Crippen LogP contribution in [0, 0.1) is 5.92 Å². The summed E-state index contributed by atoms with van der Waals surface area (Å²) in [7, 11) is 0. The Labute approximate surface area is 213 Å². The van der Waals surface area contributed by atoms with Gasteiger partial charge in [0.1, 0.15) is 6.54 Å². The van der Waals surface area contributed by atoms with Gasteiger partial charge in [0, 0.05) is 42.5 Å². The Balaban J connectivity index is 1.01. The van der Waals surface area contributed by atoms with Crippen LogP contribution in [0.5, 0.6) is 5.19 Å². The van der Waals surface area contributed by atoms with Crippen molar-refractivity contribution in [1.82, 2.24) is 25.0 Å². The largest absolute Gasteiger partial charge is 0.464 e. The van der Waals surface area contributed by atoms with E-state index in [2.05, 4.69) is 20.3 Å². The number of carbonyl (C=O) groups is 1. The van der Waals surface area contributed by atoms with Crippen LogP contribution in [0.4, 0.5) is 8.78 Å². The Bertz CT molecular complexity index is 1150. The molecule has 10 heteroatoms. The molecule has 7 nitrogen and oxygen atoms in total. The highest BCUT2D eigenvalue weighted by molar-refractivity contribution is 7.13. The first-order valence-electron chi connectivity index (χ1n) is 12.7. The highest BCUT2D eigenvalue weighted by Gasteiger charge is 2.27. The van der Waals surface area contributed by atoms with Crippen LogP contribution in [0.2, 0.25) is 0 Å². The van der Waals surface area contributed by atoms with E-state index in [0.29, 0.717) is 11.1 Å². The Hall–Kier alpha value is -2.59. The molecule has 1 fully saturated rings. The van der Waals surface area contributed by atoms with E-state index < -0.39 is 12.5 Å². The molecule has 3 aromatic rings. The minimum Gasteiger partial charge on any atom is -0.464 e. The predicted molar refractivity (Wildman–Crippen MR) is 135 cm³/mol. The van der Waals surface area contributed by atoms with Gasteiger partial charge >= 0.3 is 0 Å². The highest BCUT2D eigenvalue weighted by atomic mass is 32.1. The van der Waals surface area contributed by atoms with Crippen molar-refractivity contribution >= 4 is 28.1 Å². The number of alkyl halides is 2. The molecule has 194 valence electrons. The first kappa shape index (κ1) is 25.1. The highest BCUT2D eigenvalue weighted by Crippen LogP contribution is 2.32. The zero-order valence-corrected chi connectivity index (χ0v) is 21.4. The molecule has 0 radical (unpaired) electrons. The Kier molecular flexibility index (Phi) is 7.52. The Morgan fingerprint density at radius 2 is 2.06 bits per heavy atom. The number of hydrogen-bond acceptors (Lipinski definition) is 6. The maximum Gasteiger partial charge on any atom is 0.278 e. The zero-order valence-electron chi connectivity index (χ0n) is 20.6. The van der Waals surface area contributed by atoms with Crippen molar-refractivity contribution in [3.63, 3.8) is 0 Å². The number of nitrogens with zero attached hydrogens (tertiary/aromatic N) is 4. The van der Waals surface area contributed by atoms with Crippen molar-refractivity contribution in [2.75, 3.05) is 19.7 Å². The van der Waals surface area contributed by atoms with Crippen LogP contribution in [-0.2, 0) is 24.3 Å². The lowest BCUT2D eigenvalue weighted by atomic mass is 9.84. The number of hydrogen-bond donors (Lipinski definition) is 1. The van der Waals surface area contributed by atoms with Gasteiger partial charge < -0.3 is 10.1 Å². The van der Waals surface area contributed by atoms with Crippen molar-refractivity contribution in [2.45, 2.75) is 70.5 Å². The number of benzene rings is 1. The summed E-state index contributed by atoms with van der Waals surface area (Å²) in [5.41, 5.74) is 1.87. The van der Waals surface area contributed by atoms with E-state index in [0.717, 1.165) is 86.6 Å². The number of aromatic nitrogens is 3. The number of ether oxygens (including phenoxy) is 1. The first-order chi connectivity index (χ1) is 17.3. The molecule has 1 aliphatic carbocycles. The molecule has 0 unspecified atom stereocenters. The minimum atomic E-state index is -2.85. The van der Waals surface area contributed by atoms with Gasteiger partial charge in [-0.05, 0) is 57.1 Å². The minimum absolute atomic E-state index is 0.0182. The van der Waals surface area contributed by atoms with Crippen molar-refractivity contribution < 1.29 is 18.3 Å². The van der Waals surface area contributed by atoms with E-state index in [1.165, 1.54) is 11.3 Å². The van der Waals surface area contributed by atoms with Gasteiger partial charge in [-0.15, -0.1) is 0 Å². The van der Waals surface area contributed by atoms with E-state index in [9.17, 15) is 13.6 Å². The topological polar surface area (TPSA) is 72.3 Å². The number of amides is 1. The van der Waals surface area contributed by atoms with Crippen LogP contribution in [0.1, 0.15) is 49.6 Å². The van der Waals surface area contributed by atoms with E-state index in [1.807, 2.05) is 30.5 Å². The summed E-state index contributed by atoms with van der Waals surface area (Å²) in [5.74, 6) is -2.17. The molecular formula is C26H33F2N5O2S. The van der Waals surface area contributed by atoms with Gasteiger partial charge in [0.2, 0.25) is 5.91 Å². The number of fused-ring (bicyclic) bond motifs is 2. The first-order valence-corrected chi connectivity index (χ1v) is 13.6. The molecule has 1 amide bonds. The third kappa shape index (κ3) is 6.59. The molecular weight excluding hydrogens is 484 g/mol. The monoisotopic (exact) mass is 517 g/mol. The molecule has 1 aliphatic heterocycles. The summed E-state index contributed by atoms with van der Waals surface area (Å²) in [6, 6.07) is 8.11. The third-order valence-electron chi connectivity index (χ3n) is 7.07. The summed E-state index contributed by atoms with van der Waals surface area (Å²) in [6.07, 6.45) is 8.20. The summed E-state index contributed by atoms with van der Waals surface area (Å²) in [6.45, 7) is 3.20. The summed E-state index contributed by atoms with van der Waals surface area (Å²) < 4.78 is 33.0. The number of carbonyl (C=O) groups excluding carboxylic acids is 1. The molecule has 1 N–H and O–H groups in total. The summed E-state index contributed by atoms with van der Waals surface area (Å²) in [4.78, 5) is 20.5. The normalized spacial score (nSPS) is 20.9. The second-order valence-corrected chi connectivity index (χ2v) is 11.2. The molecule has 0 bridgehead atoms. The van der Waals surface area contributed by atoms with Gasteiger partial charge in [-0.2, -0.15) is 5.10 Å². The molecule has 3 heterocycles. The average molecular weight is 518 g/mol. The predicted octanol–water partition coefficient (Wildman–Crippen LogP) is 4.65. The number of rotatable bonds is 9. The van der Waals surface area contributed by atoms with Crippen molar-refractivity contribution in [3.05, 3.63) is 41.0 Å². The fraction of sp³-hybridized carbons (Fsp3) is 0.577. The Morgan fingerprint density at radius 3 is 2.83 bits per heavy atom. The van der Waals surface area contributed by atoms with Gasteiger partial charge in [-0.3, -0.25) is 14.4 Å². The lowest BCUT2D eigenvalue weighted by Crippen LogP contribution is -2.40. The lowest BCUT2D eigenvalue weighted by molar-refractivity contribution is -0.122. The molecule has 0 atom stereocenters. The summed E-state index contributed by atoms with van der Waals surface area (Å²) in [5, 5.41) is 9.06. The lowest BCUT2D eigenvalue weighted by Gasteiger charge is -2.32. The van der Waals surface area contributed by atoms with Crippen LogP contribution < -0.4 is 10.1 Å². The number of nitrogens with one attached hydrogen (secondary N) is 1. The maximum atomic E-state index is 13.1. The van der Waals surface area contributed by atoms with Crippen molar-refractivity contribution in [2.24, 2.45) is 5.92 Å². The standard InChI is InChI=1S/C26H33F2N5O2S/c1-26(27,28)17-35-25-30-22-15-32(13-11-23(22)36-25)12-10-18-6-8-20(9-7-18)29-24(34)16-33-14-19-4-2-3-5-21(19)31-33/h2-5,14,18,20H,6-13,15-17H2,1H3,(H,29,34). The third-order valence-corrected chi connectivity index (χ3v) is 8.14. The van der Waals surface area contributed by atoms with Crippen LogP contribution in [0.15, 0.2) is 30.5 Å². The molecule has 2 aromatic heterocycles. The van der Waals surface area contributed by atoms with Gasteiger partial charge in [-0.1, -0.05) is 29.5 Å². The molecule has 36 heavy (non-hydrogen) atoms. The molecule has 0 spiro atoms. The second-order valence-electron chi connectivity index (χ2n) is 10.2. The SMILES string of the molecule is CC(F)(F)COc1nc2c(s1)CCN(CCC1CCC(NC(=O)Cn3cc4ccccc4n3)CC1)C2. The van der Waals surface area contributed by atoms with Crippen LogP contribution in [-0.4, -0.2) is 57.2 Å². The van der Waals surface area contributed by atoms with Gasteiger partial charge in [0.15, 0.2) is 6.61 Å². The van der Waals surface area contributed by atoms with Gasteiger partial charge in [-0.25, -0.2) is 13.8 Å². The smallest absolute Gasteiger partial charge is 0.278 e. The van der Waals surface area contributed by atoms with Gasteiger partial charge in [0.05, 0.1) is 11.2 Å². The zero-order chi connectivity index (χ0) is 25.1. The fourth-order valence-electron chi connectivity index (χ4n) is 5.15. The van der Waals surface area contributed by atoms with E-state index >= 15 is 0 Å². The van der Waals surface area contributed by atoms with E-state index in [1.54, 1.807) is 4.68 Å². The van der Waals surface area contributed by atoms with Crippen molar-refractivity contribution in [3.8, 4) is 5.19 Å². The summed E-state index contributed by atoms with van der Waals surface area (Å²) >= 11 is 1.40. The maximum absolute atomic E-state index is 13.1. The fourth-order valence-corrected chi connectivity index (χ4v) is 6.05. The van der Waals surface area contributed by atoms with E-state index in [4.69, 9.17) is 4.74 Å². The van der Waals surface area contributed by atoms with Crippen LogP contribution in [0.3, 0.4) is 0 Å². The van der Waals surface area contributed by atoms with Crippen LogP contribution in [0.25, 0.3) is 10.9 Å². The molecule has 5 rings (SSSR count).